The summed E-state index contributed by atoms with van der Waals surface area (Å²) in [4.78, 5) is 8.24. The van der Waals surface area contributed by atoms with Crippen LogP contribution in [-0.4, -0.2) is 31.8 Å². The maximum atomic E-state index is 11.5. The molecule has 0 aliphatic heterocycles. The summed E-state index contributed by atoms with van der Waals surface area (Å²) in [6.07, 6.45) is 4.09. The van der Waals surface area contributed by atoms with E-state index in [1.54, 1.807) is 6.07 Å². The smallest absolute Gasteiger partial charge is 0.175 e. The quantitative estimate of drug-likeness (QED) is 0.869. The Bertz CT molecular complexity index is 717. The minimum atomic E-state index is -3.28. The predicted molar refractivity (Wildman–Crippen MR) is 72.1 cm³/mol. The van der Waals surface area contributed by atoms with Crippen LogP contribution in [0.25, 0.3) is 11.3 Å². The molecular weight excluding hydrogens is 288 g/mol. The van der Waals surface area contributed by atoms with Crippen LogP contribution in [0, 0.1) is 0 Å². The molecule has 7 heteroatoms. The van der Waals surface area contributed by atoms with Crippen LogP contribution in [0.15, 0.2) is 35.5 Å². The Morgan fingerprint density at radius 1 is 1.26 bits per heavy atom. The first kappa shape index (κ1) is 13.8. The summed E-state index contributed by atoms with van der Waals surface area (Å²) in [5.74, 6) is 0.402. The van der Waals surface area contributed by atoms with E-state index in [-0.39, 0.29) is 10.0 Å². The molecule has 0 unspecified atom stereocenters. The van der Waals surface area contributed by atoms with Gasteiger partial charge in [-0.2, -0.15) is 0 Å². The molecule has 0 spiro atoms. The van der Waals surface area contributed by atoms with Gasteiger partial charge in [-0.1, -0.05) is 11.6 Å². The summed E-state index contributed by atoms with van der Waals surface area (Å²) in [6.45, 7) is 0. The zero-order valence-electron chi connectivity index (χ0n) is 10.3. The second-order valence-electron chi connectivity index (χ2n) is 3.86. The van der Waals surface area contributed by atoms with Gasteiger partial charge in [0.25, 0.3) is 0 Å². The van der Waals surface area contributed by atoms with Gasteiger partial charge in [-0.3, -0.25) is 4.98 Å². The molecule has 19 heavy (non-hydrogen) atoms. The number of ether oxygens (including phenoxy) is 1. The van der Waals surface area contributed by atoms with E-state index in [1.807, 2.05) is 0 Å². The Kier molecular flexibility index (Phi) is 3.73. The third kappa shape index (κ3) is 3.02. The number of halogens is 1. The first-order valence-electron chi connectivity index (χ1n) is 5.28. The number of benzene rings is 1. The van der Waals surface area contributed by atoms with E-state index >= 15 is 0 Å². The van der Waals surface area contributed by atoms with Crippen LogP contribution >= 0.6 is 11.6 Å². The Hall–Kier alpha value is -1.66. The molecule has 0 amide bonds. The van der Waals surface area contributed by atoms with Gasteiger partial charge in [-0.25, -0.2) is 13.4 Å². The lowest BCUT2D eigenvalue weighted by Gasteiger charge is -2.09. The van der Waals surface area contributed by atoms with E-state index in [9.17, 15) is 8.42 Å². The molecule has 1 aromatic carbocycles. The van der Waals surface area contributed by atoms with Crippen molar-refractivity contribution in [2.24, 2.45) is 0 Å². The highest BCUT2D eigenvalue weighted by atomic mass is 35.5. The number of hydrogen-bond donors (Lipinski definition) is 0. The van der Waals surface area contributed by atoms with Gasteiger partial charge in [0.2, 0.25) is 0 Å². The van der Waals surface area contributed by atoms with Crippen LogP contribution in [0.2, 0.25) is 5.15 Å². The van der Waals surface area contributed by atoms with Crippen molar-refractivity contribution in [2.45, 2.75) is 4.90 Å². The lowest BCUT2D eigenvalue weighted by molar-refractivity contribution is 0.415. The number of sulfone groups is 1. The fraction of sp³-hybridized carbons (Fsp3) is 0.167. The molecule has 5 nitrogen and oxygen atoms in total. The van der Waals surface area contributed by atoms with Crippen LogP contribution in [-0.2, 0) is 9.84 Å². The van der Waals surface area contributed by atoms with Gasteiger partial charge < -0.3 is 4.74 Å². The molecule has 0 atom stereocenters. The molecule has 0 radical (unpaired) electrons. The molecule has 2 aromatic rings. The highest BCUT2D eigenvalue weighted by molar-refractivity contribution is 7.90. The Balaban J connectivity index is 2.59. The van der Waals surface area contributed by atoms with Crippen LogP contribution in [0.5, 0.6) is 5.75 Å². The molecule has 1 aromatic heterocycles. The zero-order chi connectivity index (χ0) is 14.0. The fourth-order valence-corrected chi connectivity index (χ4v) is 2.37. The summed E-state index contributed by atoms with van der Waals surface area (Å²) in [5.41, 5.74) is 1.15. The Morgan fingerprint density at radius 3 is 2.58 bits per heavy atom. The molecule has 1 heterocycles. The van der Waals surface area contributed by atoms with Crippen LogP contribution in [0.1, 0.15) is 0 Å². The number of methoxy groups -OCH3 is 1. The van der Waals surface area contributed by atoms with Crippen molar-refractivity contribution in [2.75, 3.05) is 13.4 Å². The van der Waals surface area contributed by atoms with Gasteiger partial charge in [0.15, 0.2) is 9.84 Å². The molecule has 0 aliphatic rings. The lowest BCUT2D eigenvalue weighted by Crippen LogP contribution is -1.99. The molecule has 0 fully saturated rings. The Labute approximate surface area is 116 Å². The fourth-order valence-electron chi connectivity index (χ4n) is 1.59. The van der Waals surface area contributed by atoms with E-state index in [2.05, 4.69) is 9.97 Å². The molecule has 0 bridgehead atoms. The van der Waals surface area contributed by atoms with Crippen molar-refractivity contribution in [3.63, 3.8) is 0 Å². The van der Waals surface area contributed by atoms with Crippen LogP contribution in [0.4, 0.5) is 0 Å². The maximum Gasteiger partial charge on any atom is 0.175 e. The molecule has 2 rings (SSSR count). The highest BCUT2D eigenvalue weighted by Crippen LogP contribution is 2.31. The van der Waals surface area contributed by atoms with Gasteiger partial charge >= 0.3 is 0 Å². The molecule has 0 aliphatic carbocycles. The number of nitrogens with zero attached hydrogens (tertiary/aromatic N) is 2. The van der Waals surface area contributed by atoms with Gasteiger partial charge in [0.05, 0.1) is 30.1 Å². The molecule has 100 valence electrons. The van der Waals surface area contributed by atoms with Crippen molar-refractivity contribution in [1.82, 2.24) is 9.97 Å². The van der Waals surface area contributed by atoms with Gasteiger partial charge in [0, 0.05) is 11.8 Å². The second kappa shape index (κ2) is 5.14. The normalized spacial score (nSPS) is 11.3. The third-order valence-electron chi connectivity index (χ3n) is 2.48. The average Bonchev–Trinajstić information content (AvgIpc) is 2.37. The Morgan fingerprint density at radius 2 is 2.00 bits per heavy atom. The molecular formula is C12H11ClN2O3S. The first-order valence-corrected chi connectivity index (χ1v) is 7.55. The third-order valence-corrected chi connectivity index (χ3v) is 3.77. The highest BCUT2D eigenvalue weighted by Gasteiger charge is 2.13. The summed E-state index contributed by atoms with van der Waals surface area (Å²) in [5, 5.41) is 0.256. The average molecular weight is 299 g/mol. The second-order valence-corrected chi connectivity index (χ2v) is 6.26. The summed E-state index contributed by atoms with van der Waals surface area (Å²) in [6, 6.07) is 4.57. The standard InChI is InChI=1S/C12H11ClN2O3S/c1-18-11-5-8(19(2,16)17)3-4-9(11)10-6-14-7-12(13)15-10/h3-7H,1-2H3. The topological polar surface area (TPSA) is 69.2 Å². The molecule has 0 N–H and O–H groups in total. The van der Waals surface area contributed by atoms with Crippen molar-refractivity contribution >= 4 is 21.4 Å². The predicted octanol–water partition coefficient (Wildman–Crippen LogP) is 2.21. The van der Waals surface area contributed by atoms with Crippen molar-refractivity contribution in [3.05, 3.63) is 35.7 Å². The summed E-state index contributed by atoms with van der Waals surface area (Å²) in [7, 11) is -1.82. The van der Waals surface area contributed by atoms with Gasteiger partial charge in [0.1, 0.15) is 10.9 Å². The molecule has 0 saturated heterocycles. The summed E-state index contributed by atoms with van der Waals surface area (Å²) < 4.78 is 28.2. The van der Waals surface area contributed by atoms with Crippen LogP contribution in [0.3, 0.4) is 0 Å². The summed E-state index contributed by atoms with van der Waals surface area (Å²) >= 11 is 5.78. The van der Waals surface area contributed by atoms with E-state index in [0.29, 0.717) is 17.0 Å². The van der Waals surface area contributed by atoms with E-state index < -0.39 is 9.84 Å². The van der Waals surface area contributed by atoms with E-state index in [4.69, 9.17) is 16.3 Å². The van der Waals surface area contributed by atoms with Crippen LogP contribution < -0.4 is 4.74 Å². The SMILES string of the molecule is COc1cc(S(C)(=O)=O)ccc1-c1cncc(Cl)n1. The van der Waals surface area contributed by atoms with E-state index in [0.717, 1.165) is 6.26 Å². The first-order chi connectivity index (χ1) is 8.91. The maximum absolute atomic E-state index is 11.5. The zero-order valence-corrected chi connectivity index (χ0v) is 11.9. The lowest BCUT2D eigenvalue weighted by atomic mass is 10.1. The minimum absolute atomic E-state index is 0.183. The van der Waals surface area contributed by atoms with Gasteiger partial charge in [-0.05, 0) is 18.2 Å². The van der Waals surface area contributed by atoms with Crippen molar-refractivity contribution in [3.8, 4) is 17.0 Å². The number of rotatable bonds is 3. The number of hydrogen-bond acceptors (Lipinski definition) is 5. The number of aromatic nitrogens is 2. The van der Waals surface area contributed by atoms with Gasteiger partial charge in [-0.15, -0.1) is 0 Å². The monoisotopic (exact) mass is 298 g/mol. The largest absolute Gasteiger partial charge is 0.496 e. The minimum Gasteiger partial charge on any atom is -0.496 e. The van der Waals surface area contributed by atoms with Crippen molar-refractivity contribution < 1.29 is 13.2 Å². The van der Waals surface area contributed by atoms with E-state index in [1.165, 1.54) is 31.6 Å². The van der Waals surface area contributed by atoms with Crippen molar-refractivity contribution in [1.29, 1.82) is 0 Å². The molecule has 0 saturated carbocycles.